The van der Waals surface area contributed by atoms with Crippen molar-refractivity contribution in [1.82, 2.24) is 20.0 Å². The molecule has 1 aliphatic rings. The van der Waals surface area contributed by atoms with E-state index in [2.05, 4.69) is 16.5 Å². The van der Waals surface area contributed by atoms with Gasteiger partial charge in [-0.1, -0.05) is 0 Å². The molecule has 1 amide bonds. The van der Waals surface area contributed by atoms with Crippen LogP contribution in [-0.4, -0.2) is 60.4 Å². The van der Waals surface area contributed by atoms with E-state index >= 15 is 0 Å². The number of anilines is 1. The number of hydrogen-bond acceptors (Lipinski definition) is 5. The Balaban J connectivity index is 2.43. The molecular formula is C13H20N6O. The van der Waals surface area contributed by atoms with Gasteiger partial charge in [0.25, 0.3) is 0 Å². The monoisotopic (exact) mass is 276 g/mol. The second-order valence-corrected chi connectivity index (χ2v) is 5.17. The Kier molecular flexibility index (Phi) is 3.95. The Bertz CT molecular complexity index is 556. The van der Waals surface area contributed by atoms with Gasteiger partial charge >= 0.3 is 0 Å². The Morgan fingerprint density at radius 2 is 2.25 bits per heavy atom. The molecule has 0 bridgehead atoms. The fraction of sp³-hybridized carbons (Fsp3) is 0.615. The van der Waals surface area contributed by atoms with Crippen LogP contribution in [0.5, 0.6) is 0 Å². The van der Waals surface area contributed by atoms with E-state index in [1.54, 1.807) is 23.7 Å². The fourth-order valence-electron chi connectivity index (χ4n) is 2.58. The molecule has 0 spiro atoms. The van der Waals surface area contributed by atoms with Crippen molar-refractivity contribution in [2.75, 3.05) is 38.6 Å². The molecule has 0 aliphatic carbocycles. The van der Waals surface area contributed by atoms with Gasteiger partial charge in [0, 0.05) is 40.8 Å². The van der Waals surface area contributed by atoms with Gasteiger partial charge in [-0.25, -0.2) is 0 Å². The summed E-state index contributed by atoms with van der Waals surface area (Å²) in [6, 6.07) is 1.90. The molecule has 1 fully saturated rings. The number of amides is 1. The summed E-state index contributed by atoms with van der Waals surface area (Å²) in [4.78, 5) is 15.9. The number of nitrogens with one attached hydrogen (secondary N) is 1. The molecule has 2 heterocycles. The van der Waals surface area contributed by atoms with Crippen LogP contribution in [0.15, 0.2) is 0 Å². The lowest BCUT2D eigenvalue weighted by atomic mass is 10.1. The van der Waals surface area contributed by atoms with E-state index in [1.165, 1.54) is 0 Å². The van der Waals surface area contributed by atoms with Crippen LogP contribution in [0.3, 0.4) is 0 Å². The topological polar surface area (TPSA) is 77.2 Å². The maximum Gasteiger partial charge on any atom is 0.246 e. The van der Waals surface area contributed by atoms with E-state index < -0.39 is 0 Å². The summed E-state index contributed by atoms with van der Waals surface area (Å²) in [6.45, 7) is 3.85. The molecule has 1 atom stereocenters. The first-order valence-corrected chi connectivity index (χ1v) is 6.59. The lowest BCUT2D eigenvalue weighted by Crippen LogP contribution is -2.58. The SMILES string of the molecule is Cc1nn(C)c(N2CCNCC2C(=O)N(C)C)c1C#N. The van der Waals surface area contributed by atoms with Crippen molar-refractivity contribution in [3.63, 3.8) is 0 Å². The summed E-state index contributed by atoms with van der Waals surface area (Å²) < 4.78 is 1.69. The first kappa shape index (κ1) is 14.3. The van der Waals surface area contributed by atoms with Gasteiger partial charge in [0.2, 0.25) is 5.91 Å². The normalized spacial score (nSPS) is 18.8. The first-order valence-electron chi connectivity index (χ1n) is 6.59. The van der Waals surface area contributed by atoms with Crippen molar-refractivity contribution in [2.24, 2.45) is 7.05 Å². The van der Waals surface area contributed by atoms with Gasteiger partial charge in [0.1, 0.15) is 23.5 Å². The molecule has 1 aliphatic heterocycles. The predicted octanol–water partition coefficient (Wildman–Crippen LogP) is -0.533. The van der Waals surface area contributed by atoms with E-state index in [9.17, 15) is 10.1 Å². The van der Waals surface area contributed by atoms with Crippen molar-refractivity contribution < 1.29 is 4.79 Å². The number of likely N-dealkylation sites (N-methyl/N-ethyl adjacent to an activating group) is 1. The van der Waals surface area contributed by atoms with Gasteiger partial charge in [-0.05, 0) is 6.92 Å². The molecule has 20 heavy (non-hydrogen) atoms. The summed E-state index contributed by atoms with van der Waals surface area (Å²) in [5.41, 5.74) is 1.24. The third-order valence-corrected chi connectivity index (χ3v) is 3.55. The van der Waals surface area contributed by atoms with Crippen LogP contribution in [0, 0.1) is 18.3 Å². The summed E-state index contributed by atoms with van der Waals surface area (Å²) >= 11 is 0. The summed E-state index contributed by atoms with van der Waals surface area (Å²) in [5, 5.41) is 16.9. The van der Waals surface area contributed by atoms with Crippen LogP contribution < -0.4 is 10.2 Å². The molecule has 1 N–H and O–H groups in total. The van der Waals surface area contributed by atoms with Crippen molar-refractivity contribution in [3.05, 3.63) is 11.3 Å². The molecule has 108 valence electrons. The lowest BCUT2D eigenvalue weighted by molar-refractivity contribution is -0.130. The summed E-state index contributed by atoms with van der Waals surface area (Å²) in [7, 11) is 5.30. The number of aromatic nitrogens is 2. The zero-order valence-corrected chi connectivity index (χ0v) is 12.3. The Morgan fingerprint density at radius 3 is 2.85 bits per heavy atom. The average molecular weight is 276 g/mol. The molecule has 7 nitrogen and oxygen atoms in total. The minimum absolute atomic E-state index is 0.0277. The molecule has 1 aromatic heterocycles. The summed E-state index contributed by atoms with van der Waals surface area (Å²) in [5.74, 6) is 0.756. The minimum Gasteiger partial charge on any atom is -0.347 e. The van der Waals surface area contributed by atoms with Crippen LogP contribution >= 0.6 is 0 Å². The maximum absolute atomic E-state index is 12.3. The van der Waals surface area contributed by atoms with Crippen LogP contribution in [0.25, 0.3) is 0 Å². The molecule has 1 saturated heterocycles. The molecule has 1 unspecified atom stereocenters. The number of carbonyl (C=O) groups is 1. The van der Waals surface area contributed by atoms with Crippen molar-refractivity contribution in [1.29, 1.82) is 5.26 Å². The van der Waals surface area contributed by atoms with Gasteiger partial charge in [0.05, 0.1) is 5.69 Å². The Morgan fingerprint density at radius 1 is 1.55 bits per heavy atom. The predicted molar refractivity (Wildman–Crippen MR) is 75.4 cm³/mol. The molecule has 2 rings (SSSR count). The van der Waals surface area contributed by atoms with E-state index in [4.69, 9.17) is 0 Å². The van der Waals surface area contributed by atoms with E-state index in [0.29, 0.717) is 24.3 Å². The minimum atomic E-state index is -0.305. The number of nitrogens with zero attached hydrogens (tertiary/aromatic N) is 5. The Hall–Kier alpha value is -2.07. The fourth-order valence-corrected chi connectivity index (χ4v) is 2.58. The van der Waals surface area contributed by atoms with Gasteiger partial charge in [0.15, 0.2) is 0 Å². The highest BCUT2D eigenvalue weighted by Crippen LogP contribution is 2.25. The van der Waals surface area contributed by atoms with Crippen LogP contribution in [0.1, 0.15) is 11.3 Å². The number of hydrogen-bond donors (Lipinski definition) is 1. The quantitative estimate of drug-likeness (QED) is 0.785. The standard InChI is InChI=1S/C13H20N6O/c1-9-10(7-14)12(18(4)16-9)19-6-5-15-8-11(19)13(20)17(2)3/h11,15H,5-6,8H2,1-4H3. The molecule has 1 aromatic rings. The third-order valence-electron chi connectivity index (χ3n) is 3.55. The number of nitriles is 1. The summed E-state index contributed by atoms with van der Waals surface area (Å²) in [6.07, 6.45) is 0. The highest BCUT2D eigenvalue weighted by atomic mass is 16.2. The molecular weight excluding hydrogens is 256 g/mol. The van der Waals surface area contributed by atoms with Crippen molar-refractivity contribution in [3.8, 4) is 6.07 Å². The highest BCUT2D eigenvalue weighted by molar-refractivity contribution is 5.85. The van der Waals surface area contributed by atoms with E-state index in [0.717, 1.165) is 12.4 Å². The molecule has 7 heteroatoms. The highest BCUT2D eigenvalue weighted by Gasteiger charge is 2.33. The van der Waals surface area contributed by atoms with Gasteiger partial charge in [-0.15, -0.1) is 0 Å². The number of piperazine rings is 1. The largest absolute Gasteiger partial charge is 0.347 e. The second kappa shape index (κ2) is 5.51. The number of rotatable bonds is 2. The molecule has 0 saturated carbocycles. The second-order valence-electron chi connectivity index (χ2n) is 5.17. The van der Waals surface area contributed by atoms with Crippen LogP contribution in [0.2, 0.25) is 0 Å². The zero-order chi connectivity index (χ0) is 14.9. The van der Waals surface area contributed by atoms with Gasteiger partial charge < -0.3 is 15.1 Å². The van der Waals surface area contributed by atoms with Crippen molar-refractivity contribution >= 4 is 11.7 Å². The lowest BCUT2D eigenvalue weighted by Gasteiger charge is -2.37. The van der Waals surface area contributed by atoms with Crippen molar-refractivity contribution in [2.45, 2.75) is 13.0 Å². The smallest absolute Gasteiger partial charge is 0.246 e. The van der Waals surface area contributed by atoms with Gasteiger partial charge in [-0.3, -0.25) is 9.48 Å². The van der Waals surface area contributed by atoms with Gasteiger partial charge in [-0.2, -0.15) is 10.4 Å². The maximum atomic E-state index is 12.3. The van der Waals surface area contributed by atoms with E-state index in [1.807, 2.05) is 18.9 Å². The average Bonchev–Trinajstić information content (AvgIpc) is 2.71. The van der Waals surface area contributed by atoms with Crippen LogP contribution in [-0.2, 0) is 11.8 Å². The third kappa shape index (κ3) is 2.34. The van der Waals surface area contributed by atoms with Crippen LogP contribution in [0.4, 0.5) is 5.82 Å². The molecule has 0 aromatic carbocycles. The zero-order valence-electron chi connectivity index (χ0n) is 12.3. The first-order chi connectivity index (χ1) is 9.47. The number of carbonyl (C=O) groups excluding carboxylic acids is 1. The van der Waals surface area contributed by atoms with E-state index in [-0.39, 0.29) is 11.9 Å². The molecule has 0 radical (unpaired) electrons. The Labute approximate surface area is 118 Å². The number of aryl methyl sites for hydroxylation is 2.